The van der Waals surface area contributed by atoms with Gasteiger partial charge >= 0.3 is 0 Å². The first kappa shape index (κ1) is 18.8. The van der Waals surface area contributed by atoms with Gasteiger partial charge in [-0.25, -0.2) is 4.98 Å². The molecule has 0 spiro atoms. The minimum atomic E-state index is -0.216. The Balaban J connectivity index is 1.32. The molecule has 0 radical (unpaired) electrons. The molecular formula is C24H21N5O3. The molecule has 8 heteroatoms. The van der Waals surface area contributed by atoms with Crippen molar-refractivity contribution < 1.29 is 14.3 Å². The van der Waals surface area contributed by atoms with Crippen molar-refractivity contribution in [2.24, 2.45) is 0 Å². The third-order valence-electron chi connectivity index (χ3n) is 5.96. The first-order valence-electron chi connectivity index (χ1n) is 10.6. The Hall–Kier alpha value is -3.91. The fourth-order valence-corrected chi connectivity index (χ4v) is 4.30. The number of ether oxygens (including phenoxy) is 2. The first-order valence-corrected chi connectivity index (χ1v) is 10.6. The van der Waals surface area contributed by atoms with Crippen LogP contribution in [0.2, 0.25) is 0 Å². The number of H-pyrrole nitrogens is 1. The van der Waals surface area contributed by atoms with Gasteiger partial charge in [-0.1, -0.05) is 6.07 Å². The van der Waals surface area contributed by atoms with Crippen LogP contribution in [0.1, 0.15) is 10.4 Å². The zero-order valence-corrected chi connectivity index (χ0v) is 17.2. The van der Waals surface area contributed by atoms with Crippen LogP contribution in [0.25, 0.3) is 22.2 Å². The van der Waals surface area contributed by atoms with E-state index in [9.17, 15) is 4.79 Å². The Bertz CT molecular complexity index is 1300. The summed E-state index contributed by atoms with van der Waals surface area (Å²) in [6.45, 7) is 2.93. The van der Waals surface area contributed by atoms with Crippen molar-refractivity contribution in [2.45, 2.75) is 6.04 Å². The summed E-state index contributed by atoms with van der Waals surface area (Å²) in [5.41, 5.74) is 4.95. The van der Waals surface area contributed by atoms with Crippen molar-refractivity contribution in [1.82, 2.24) is 15.0 Å². The second kappa shape index (κ2) is 7.65. The molecule has 32 heavy (non-hydrogen) atoms. The van der Waals surface area contributed by atoms with Gasteiger partial charge in [-0.15, -0.1) is 0 Å². The zero-order chi connectivity index (χ0) is 21.5. The SMILES string of the molecule is O=C(Nc1c[nH]c2ncc(-c3ccc4c(c3)OCC3COCCN43)cc12)c1cccnc1. The second-order valence-electron chi connectivity index (χ2n) is 7.93. The minimum Gasteiger partial charge on any atom is -0.489 e. The Kier molecular flexibility index (Phi) is 4.50. The third kappa shape index (κ3) is 3.25. The van der Waals surface area contributed by atoms with Crippen LogP contribution in [0, 0.1) is 0 Å². The maximum atomic E-state index is 12.6. The number of benzene rings is 1. The molecule has 5 heterocycles. The molecule has 160 valence electrons. The highest BCUT2D eigenvalue weighted by atomic mass is 16.5. The first-order chi connectivity index (χ1) is 15.8. The van der Waals surface area contributed by atoms with Crippen LogP contribution in [0.5, 0.6) is 5.75 Å². The summed E-state index contributed by atoms with van der Waals surface area (Å²) in [5.74, 6) is 0.659. The predicted molar refractivity (Wildman–Crippen MR) is 121 cm³/mol. The van der Waals surface area contributed by atoms with Gasteiger partial charge in [-0.2, -0.15) is 0 Å². The van der Waals surface area contributed by atoms with Crippen molar-refractivity contribution in [1.29, 1.82) is 0 Å². The molecule has 0 aliphatic carbocycles. The van der Waals surface area contributed by atoms with E-state index < -0.39 is 0 Å². The number of pyridine rings is 2. The van der Waals surface area contributed by atoms with E-state index in [0.717, 1.165) is 41.1 Å². The molecule has 1 aromatic carbocycles. The third-order valence-corrected chi connectivity index (χ3v) is 5.96. The lowest BCUT2D eigenvalue weighted by Gasteiger charge is -2.41. The molecule has 0 bridgehead atoms. The lowest BCUT2D eigenvalue weighted by atomic mass is 10.0. The number of nitrogens with one attached hydrogen (secondary N) is 2. The van der Waals surface area contributed by atoms with E-state index >= 15 is 0 Å². The van der Waals surface area contributed by atoms with Gasteiger partial charge in [0.2, 0.25) is 0 Å². The lowest BCUT2D eigenvalue weighted by molar-refractivity contribution is 0.0705. The number of fused-ring (bicyclic) bond motifs is 4. The van der Waals surface area contributed by atoms with Gasteiger partial charge in [0.15, 0.2) is 0 Å². The van der Waals surface area contributed by atoms with Crippen LogP contribution in [-0.4, -0.2) is 53.3 Å². The van der Waals surface area contributed by atoms with Crippen LogP contribution in [0.15, 0.2) is 61.2 Å². The molecule has 1 amide bonds. The van der Waals surface area contributed by atoms with Gasteiger partial charge in [-0.05, 0) is 35.9 Å². The summed E-state index contributed by atoms with van der Waals surface area (Å²) in [5, 5.41) is 3.79. The molecule has 2 aliphatic heterocycles. The van der Waals surface area contributed by atoms with Gasteiger partial charge < -0.3 is 24.7 Å². The smallest absolute Gasteiger partial charge is 0.257 e. The average Bonchev–Trinajstić information content (AvgIpc) is 3.26. The van der Waals surface area contributed by atoms with E-state index in [2.05, 4.69) is 43.4 Å². The predicted octanol–water partition coefficient (Wildman–Crippen LogP) is 3.47. The van der Waals surface area contributed by atoms with Crippen molar-refractivity contribution in [3.63, 3.8) is 0 Å². The number of carbonyl (C=O) groups is 1. The number of nitrogens with zero attached hydrogens (tertiary/aromatic N) is 3. The van der Waals surface area contributed by atoms with Crippen LogP contribution in [-0.2, 0) is 4.74 Å². The monoisotopic (exact) mass is 427 g/mol. The van der Waals surface area contributed by atoms with Gasteiger partial charge in [0.05, 0.1) is 36.2 Å². The standard InChI is InChI=1S/C24H21N5O3/c30-24(16-2-1-5-25-10-16)28-20-12-27-23-19(20)8-17(11-26-23)15-3-4-21-22(9-15)32-14-18-13-31-7-6-29(18)21/h1-5,8-12,18H,6-7,13-14H2,(H,26,27)(H,28,30). The summed E-state index contributed by atoms with van der Waals surface area (Å²) in [7, 11) is 0. The second-order valence-corrected chi connectivity index (χ2v) is 7.93. The maximum Gasteiger partial charge on any atom is 0.257 e. The summed E-state index contributed by atoms with van der Waals surface area (Å²) in [4.78, 5) is 26.6. The van der Waals surface area contributed by atoms with E-state index in [1.165, 1.54) is 0 Å². The van der Waals surface area contributed by atoms with E-state index in [4.69, 9.17) is 9.47 Å². The molecule has 8 nitrogen and oxygen atoms in total. The Morgan fingerprint density at radius 3 is 3.03 bits per heavy atom. The number of aromatic nitrogens is 3. The number of carbonyl (C=O) groups excluding carboxylic acids is 1. The molecular weight excluding hydrogens is 406 g/mol. The van der Waals surface area contributed by atoms with E-state index in [1.54, 1.807) is 30.7 Å². The van der Waals surface area contributed by atoms with Crippen LogP contribution < -0.4 is 15.0 Å². The van der Waals surface area contributed by atoms with Crippen molar-refractivity contribution in [3.8, 4) is 16.9 Å². The zero-order valence-electron chi connectivity index (χ0n) is 17.2. The molecule has 0 saturated carbocycles. The molecule has 4 aromatic rings. The average molecular weight is 427 g/mol. The van der Waals surface area contributed by atoms with Gasteiger partial charge in [0.25, 0.3) is 5.91 Å². The fourth-order valence-electron chi connectivity index (χ4n) is 4.30. The summed E-state index contributed by atoms with van der Waals surface area (Å²) >= 11 is 0. The minimum absolute atomic E-state index is 0.216. The number of aromatic amines is 1. The number of morpholine rings is 1. The van der Waals surface area contributed by atoms with Crippen molar-refractivity contribution in [2.75, 3.05) is 36.6 Å². The highest BCUT2D eigenvalue weighted by molar-refractivity contribution is 6.08. The number of hydrogen-bond donors (Lipinski definition) is 2. The van der Waals surface area contributed by atoms with Crippen LogP contribution >= 0.6 is 0 Å². The van der Waals surface area contributed by atoms with E-state index in [-0.39, 0.29) is 11.9 Å². The van der Waals surface area contributed by atoms with Crippen molar-refractivity contribution >= 4 is 28.3 Å². The van der Waals surface area contributed by atoms with E-state index in [0.29, 0.717) is 30.1 Å². The van der Waals surface area contributed by atoms with Gasteiger partial charge in [0.1, 0.15) is 18.0 Å². The van der Waals surface area contributed by atoms with Crippen LogP contribution in [0.4, 0.5) is 11.4 Å². The molecule has 1 unspecified atom stereocenters. The molecule has 6 rings (SSSR count). The Morgan fingerprint density at radius 1 is 1.16 bits per heavy atom. The number of rotatable bonds is 3. The van der Waals surface area contributed by atoms with E-state index in [1.807, 2.05) is 12.3 Å². The number of hydrogen-bond acceptors (Lipinski definition) is 6. The fraction of sp³-hybridized carbons (Fsp3) is 0.208. The highest BCUT2D eigenvalue weighted by Crippen LogP contribution is 2.38. The highest BCUT2D eigenvalue weighted by Gasteiger charge is 2.30. The molecule has 3 aromatic heterocycles. The lowest BCUT2D eigenvalue weighted by Crippen LogP contribution is -2.51. The molecule has 1 fully saturated rings. The largest absolute Gasteiger partial charge is 0.489 e. The Morgan fingerprint density at radius 2 is 2.12 bits per heavy atom. The summed E-state index contributed by atoms with van der Waals surface area (Å²) < 4.78 is 11.6. The van der Waals surface area contributed by atoms with Crippen LogP contribution in [0.3, 0.4) is 0 Å². The number of amides is 1. The topological polar surface area (TPSA) is 92.4 Å². The molecule has 1 saturated heterocycles. The van der Waals surface area contributed by atoms with Gasteiger partial charge in [0, 0.05) is 42.3 Å². The summed E-state index contributed by atoms with van der Waals surface area (Å²) in [6.07, 6.45) is 6.76. The normalized spacial score (nSPS) is 17.4. The number of anilines is 2. The quantitative estimate of drug-likeness (QED) is 0.520. The molecule has 1 atom stereocenters. The van der Waals surface area contributed by atoms with Crippen molar-refractivity contribution in [3.05, 3.63) is 66.7 Å². The Labute approximate surface area is 184 Å². The molecule has 2 N–H and O–H groups in total. The summed E-state index contributed by atoms with van der Waals surface area (Å²) in [6, 6.07) is 12.0. The molecule has 2 aliphatic rings. The van der Waals surface area contributed by atoms with Gasteiger partial charge in [-0.3, -0.25) is 9.78 Å². The maximum absolute atomic E-state index is 12.6.